The first-order chi connectivity index (χ1) is 8.35. The number of hydrogen-bond acceptors (Lipinski definition) is 6. The van der Waals surface area contributed by atoms with Gasteiger partial charge in [0, 0.05) is 0 Å². The first-order valence-corrected chi connectivity index (χ1v) is 4.74. The summed E-state index contributed by atoms with van der Waals surface area (Å²) in [6.07, 6.45) is 14.6. The second-order valence-corrected chi connectivity index (χ2v) is 2.62. The van der Waals surface area contributed by atoms with E-state index >= 15 is 0 Å². The van der Waals surface area contributed by atoms with Gasteiger partial charge in [-0.25, -0.2) is 0 Å². The molecule has 0 aliphatic carbocycles. The van der Waals surface area contributed by atoms with Gasteiger partial charge >= 0.3 is 0 Å². The Morgan fingerprint density at radius 3 is 1.76 bits per heavy atom. The molecular formula is C11H15N3O3. The highest BCUT2D eigenvalue weighted by Crippen LogP contribution is 1.79. The first-order valence-electron chi connectivity index (χ1n) is 4.74. The van der Waals surface area contributed by atoms with Crippen molar-refractivity contribution in [1.82, 2.24) is 16.4 Å². The third kappa shape index (κ3) is 10.7. The standard InChI is InChI=1S/C11H15N3O3/c1-4-7-15-12-10-11(13-16-8-5-2)14-17-9-6-3/h1-3,11-14H,7-10H2. The van der Waals surface area contributed by atoms with Crippen molar-refractivity contribution < 1.29 is 14.5 Å². The molecule has 0 radical (unpaired) electrons. The Morgan fingerprint density at radius 1 is 0.824 bits per heavy atom. The largest absolute Gasteiger partial charge is 0.289 e. The van der Waals surface area contributed by atoms with Crippen LogP contribution in [0.4, 0.5) is 0 Å². The SMILES string of the molecule is C#CCONCC(NOCC#C)NOCC#C. The fourth-order valence-corrected chi connectivity index (χ4v) is 0.710. The Kier molecular flexibility index (Phi) is 11.4. The molecule has 0 bridgehead atoms. The van der Waals surface area contributed by atoms with Crippen molar-refractivity contribution in [3.63, 3.8) is 0 Å². The quantitative estimate of drug-likeness (QED) is 0.191. The molecule has 92 valence electrons. The lowest BCUT2D eigenvalue weighted by atomic mass is 10.5. The highest BCUT2D eigenvalue weighted by Gasteiger charge is 2.07. The average molecular weight is 237 g/mol. The molecular weight excluding hydrogens is 222 g/mol. The topological polar surface area (TPSA) is 63.8 Å². The van der Waals surface area contributed by atoms with E-state index in [9.17, 15) is 0 Å². The summed E-state index contributed by atoms with van der Waals surface area (Å²) in [6, 6.07) is 0. The maximum absolute atomic E-state index is 5.02. The van der Waals surface area contributed by atoms with Crippen LogP contribution in [0.5, 0.6) is 0 Å². The maximum Gasteiger partial charge on any atom is 0.129 e. The third-order valence-corrected chi connectivity index (χ3v) is 1.31. The molecule has 0 atom stereocenters. The maximum atomic E-state index is 5.02. The summed E-state index contributed by atoms with van der Waals surface area (Å²) in [5.41, 5.74) is 7.84. The van der Waals surface area contributed by atoms with Gasteiger partial charge in [-0.05, 0) is 0 Å². The highest BCUT2D eigenvalue weighted by atomic mass is 16.7. The summed E-state index contributed by atoms with van der Waals surface area (Å²) in [5, 5.41) is 0. The Balaban J connectivity index is 3.73. The van der Waals surface area contributed by atoms with Crippen LogP contribution >= 0.6 is 0 Å². The van der Waals surface area contributed by atoms with E-state index in [4.69, 9.17) is 33.8 Å². The molecule has 0 aromatic heterocycles. The minimum atomic E-state index is -0.394. The molecule has 0 aliphatic rings. The summed E-state index contributed by atoms with van der Waals surface area (Å²) >= 11 is 0. The summed E-state index contributed by atoms with van der Waals surface area (Å²) < 4.78 is 0. The normalized spacial score (nSPS) is 9.53. The van der Waals surface area contributed by atoms with E-state index < -0.39 is 6.17 Å². The van der Waals surface area contributed by atoms with Crippen LogP contribution in [-0.4, -0.2) is 32.5 Å². The fourth-order valence-electron chi connectivity index (χ4n) is 0.710. The third-order valence-electron chi connectivity index (χ3n) is 1.31. The van der Waals surface area contributed by atoms with Crippen LogP contribution in [0.3, 0.4) is 0 Å². The van der Waals surface area contributed by atoms with E-state index in [0.717, 1.165) is 0 Å². The predicted octanol–water partition coefficient (Wildman–Crippen LogP) is -1.22. The lowest BCUT2D eigenvalue weighted by Crippen LogP contribution is -2.49. The lowest BCUT2D eigenvalue weighted by Gasteiger charge is -2.18. The van der Waals surface area contributed by atoms with Crippen molar-refractivity contribution >= 4 is 0 Å². The number of hydroxylamine groups is 3. The minimum Gasteiger partial charge on any atom is -0.289 e. The first kappa shape index (κ1) is 15.4. The smallest absolute Gasteiger partial charge is 0.129 e. The summed E-state index contributed by atoms with van der Waals surface area (Å²) in [7, 11) is 0. The molecule has 0 heterocycles. The zero-order valence-electron chi connectivity index (χ0n) is 9.36. The van der Waals surface area contributed by atoms with E-state index in [-0.39, 0.29) is 19.8 Å². The van der Waals surface area contributed by atoms with E-state index in [1.165, 1.54) is 0 Å². The van der Waals surface area contributed by atoms with Crippen molar-refractivity contribution in [2.75, 3.05) is 26.4 Å². The van der Waals surface area contributed by atoms with Gasteiger partial charge < -0.3 is 0 Å². The molecule has 6 nitrogen and oxygen atoms in total. The Labute approximate surface area is 101 Å². The fraction of sp³-hybridized carbons (Fsp3) is 0.455. The van der Waals surface area contributed by atoms with Crippen LogP contribution in [0, 0.1) is 37.0 Å². The van der Waals surface area contributed by atoms with Gasteiger partial charge in [0.05, 0.1) is 6.54 Å². The average Bonchev–Trinajstić information content (AvgIpc) is 2.34. The van der Waals surface area contributed by atoms with Gasteiger partial charge in [0.25, 0.3) is 0 Å². The molecule has 0 fully saturated rings. The molecule has 0 saturated carbocycles. The number of rotatable bonds is 10. The second kappa shape index (κ2) is 12.5. The van der Waals surface area contributed by atoms with Crippen LogP contribution in [-0.2, 0) is 14.5 Å². The molecule has 6 heteroatoms. The minimum absolute atomic E-state index is 0.124. The monoisotopic (exact) mass is 237 g/mol. The molecule has 0 amide bonds. The van der Waals surface area contributed by atoms with Gasteiger partial charge in [-0.15, -0.1) is 19.3 Å². The van der Waals surface area contributed by atoms with Crippen molar-refractivity contribution in [3.8, 4) is 37.0 Å². The van der Waals surface area contributed by atoms with E-state index in [1.807, 2.05) is 0 Å². The number of hydrogen-bond donors (Lipinski definition) is 3. The van der Waals surface area contributed by atoms with Crippen molar-refractivity contribution in [1.29, 1.82) is 0 Å². The number of nitrogens with one attached hydrogen (secondary N) is 3. The molecule has 17 heavy (non-hydrogen) atoms. The summed E-state index contributed by atoms with van der Waals surface area (Å²) in [5.74, 6) is 6.91. The predicted molar refractivity (Wildman–Crippen MR) is 62.4 cm³/mol. The van der Waals surface area contributed by atoms with Crippen molar-refractivity contribution in [2.45, 2.75) is 6.17 Å². The van der Waals surface area contributed by atoms with Gasteiger partial charge in [-0.2, -0.15) is 16.4 Å². The van der Waals surface area contributed by atoms with Gasteiger partial charge in [-0.3, -0.25) is 14.5 Å². The van der Waals surface area contributed by atoms with Crippen LogP contribution in [0.2, 0.25) is 0 Å². The number of terminal acetylenes is 3. The molecule has 0 spiro atoms. The molecule has 0 aromatic rings. The Morgan fingerprint density at radius 2 is 1.29 bits per heavy atom. The van der Waals surface area contributed by atoms with Gasteiger partial charge in [-0.1, -0.05) is 17.8 Å². The Bertz CT molecular complexity index is 281. The summed E-state index contributed by atoms with van der Waals surface area (Å²) in [6.45, 7) is 0.733. The van der Waals surface area contributed by atoms with E-state index in [0.29, 0.717) is 6.54 Å². The van der Waals surface area contributed by atoms with Gasteiger partial charge in [0.1, 0.15) is 26.0 Å². The van der Waals surface area contributed by atoms with Gasteiger partial charge in [0.15, 0.2) is 0 Å². The van der Waals surface area contributed by atoms with Crippen molar-refractivity contribution in [3.05, 3.63) is 0 Å². The van der Waals surface area contributed by atoms with E-state index in [1.54, 1.807) is 0 Å². The molecule has 0 rings (SSSR count). The molecule has 0 aromatic carbocycles. The Hall–Kier alpha value is -1.56. The molecule has 0 aliphatic heterocycles. The summed E-state index contributed by atoms with van der Waals surface area (Å²) in [4.78, 5) is 14.7. The van der Waals surface area contributed by atoms with Crippen LogP contribution in [0.25, 0.3) is 0 Å². The molecule has 0 saturated heterocycles. The van der Waals surface area contributed by atoms with Gasteiger partial charge in [0.2, 0.25) is 0 Å². The van der Waals surface area contributed by atoms with E-state index in [2.05, 4.69) is 34.2 Å². The van der Waals surface area contributed by atoms with Crippen LogP contribution in [0.15, 0.2) is 0 Å². The lowest BCUT2D eigenvalue weighted by molar-refractivity contribution is -0.0594. The zero-order valence-corrected chi connectivity index (χ0v) is 9.36. The highest BCUT2D eigenvalue weighted by molar-refractivity contribution is 4.83. The molecule has 3 N–H and O–H groups in total. The van der Waals surface area contributed by atoms with Crippen LogP contribution in [0.1, 0.15) is 0 Å². The van der Waals surface area contributed by atoms with Crippen molar-refractivity contribution in [2.24, 2.45) is 0 Å². The zero-order chi connectivity index (χ0) is 12.8. The van der Waals surface area contributed by atoms with Crippen LogP contribution < -0.4 is 16.4 Å². The second-order valence-electron chi connectivity index (χ2n) is 2.62. The molecule has 0 unspecified atom stereocenters.